The van der Waals surface area contributed by atoms with Gasteiger partial charge in [0, 0.05) is 5.56 Å². The van der Waals surface area contributed by atoms with Crippen molar-refractivity contribution in [2.24, 2.45) is 0 Å². The third kappa shape index (κ3) is 4.24. The summed E-state index contributed by atoms with van der Waals surface area (Å²) < 4.78 is 11.8. The number of rotatable bonds is 4. The van der Waals surface area contributed by atoms with Crippen LogP contribution in [0.3, 0.4) is 0 Å². The molecule has 1 fully saturated rings. The Labute approximate surface area is 133 Å². The molecule has 2 rings (SSSR count). The molecule has 0 radical (unpaired) electrons. The van der Waals surface area contributed by atoms with Crippen molar-refractivity contribution in [3.05, 3.63) is 23.8 Å². The van der Waals surface area contributed by atoms with Gasteiger partial charge >= 0.3 is 0 Å². The molecule has 0 aromatic heterocycles. The highest BCUT2D eigenvalue weighted by Crippen LogP contribution is 2.29. The smallest absolute Gasteiger partial charge is 0.161 e. The fourth-order valence-electron chi connectivity index (χ4n) is 2.85. The second-order valence-corrected chi connectivity index (χ2v) is 5.47. The summed E-state index contributed by atoms with van der Waals surface area (Å²) in [6.45, 7) is 3.66. The minimum Gasteiger partial charge on any atom is -1.00 e. The number of benzene rings is 1. The van der Waals surface area contributed by atoms with Gasteiger partial charge in [0.25, 0.3) is 0 Å². The average Bonchev–Trinajstić information content (AvgIpc) is 2.39. The Kier molecular flexibility index (Phi) is 6.39. The molecule has 0 unspecified atom stereocenters. The molecule has 1 heterocycles. The molecule has 19 heavy (non-hydrogen) atoms. The number of hydrogen-bond acceptors (Lipinski definition) is 2. The molecular weight excluding hydrogens is 353 g/mol. The Bertz CT molecular complexity index is 403. The number of halogens is 1. The lowest BCUT2D eigenvalue weighted by Crippen LogP contribution is -3.00. The molecule has 1 aromatic carbocycles. The Hall–Kier alpha value is -0.490. The molecule has 108 valence electrons. The van der Waals surface area contributed by atoms with E-state index in [4.69, 9.17) is 9.47 Å². The summed E-state index contributed by atoms with van der Waals surface area (Å²) in [7, 11) is 5.73. The number of piperidine rings is 1. The third-order valence-corrected chi connectivity index (χ3v) is 3.91. The molecule has 0 bridgehead atoms. The van der Waals surface area contributed by atoms with Crippen LogP contribution in [0.25, 0.3) is 0 Å². The van der Waals surface area contributed by atoms with Gasteiger partial charge in [-0.15, -0.1) is 0 Å². The summed E-state index contributed by atoms with van der Waals surface area (Å²) in [6.07, 6.45) is 4.09. The van der Waals surface area contributed by atoms with Crippen LogP contribution in [0.4, 0.5) is 0 Å². The maximum atomic E-state index is 5.37. The SMILES string of the molecule is COc1ccc(C[N+]2(C)CCCCC2)cc1OC.[I-]. The number of methoxy groups -OCH3 is 2. The topological polar surface area (TPSA) is 18.5 Å². The standard InChI is InChI=1S/C15H24NO2.HI/c1-16(9-5-4-6-10-16)12-13-7-8-14(17-2)15(11-13)18-3;/h7-8,11H,4-6,9-10,12H2,1-3H3;1H/q+1;/p-1. The van der Waals surface area contributed by atoms with Crippen molar-refractivity contribution in [3.63, 3.8) is 0 Å². The largest absolute Gasteiger partial charge is 1.00 e. The first-order valence-electron chi connectivity index (χ1n) is 6.71. The van der Waals surface area contributed by atoms with Crippen molar-refractivity contribution >= 4 is 0 Å². The zero-order valence-electron chi connectivity index (χ0n) is 12.1. The van der Waals surface area contributed by atoms with Crippen LogP contribution < -0.4 is 33.5 Å². The summed E-state index contributed by atoms with van der Waals surface area (Å²) in [5.41, 5.74) is 1.33. The Morgan fingerprint density at radius 3 is 2.21 bits per heavy atom. The summed E-state index contributed by atoms with van der Waals surface area (Å²) in [5, 5.41) is 0. The first-order chi connectivity index (χ1) is 8.67. The van der Waals surface area contributed by atoms with Crippen molar-refractivity contribution in [1.29, 1.82) is 0 Å². The molecular formula is C15H24INO2. The fourth-order valence-corrected chi connectivity index (χ4v) is 2.85. The quantitative estimate of drug-likeness (QED) is 0.537. The molecule has 0 spiro atoms. The lowest BCUT2D eigenvalue weighted by molar-refractivity contribution is -0.926. The van der Waals surface area contributed by atoms with Gasteiger partial charge in [-0.2, -0.15) is 0 Å². The van der Waals surface area contributed by atoms with Crippen LogP contribution in [0.5, 0.6) is 11.5 Å². The molecule has 0 atom stereocenters. The summed E-state index contributed by atoms with van der Waals surface area (Å²) in [4.78, 5) is 0. The number of nitrogens with zero attached hydrogens (tertiary/aromatic N) is 1. The molecule has 1 aliphatic rings. The molecule has 0 saturated carbocycles. The third-order valence-electron chi connectivity index (χ3n) is 3.91. The first-order valence-corrected chi connectivity index (χ1v) is 6.71. The molecule has 0 N–H and O–H groups in total. The van der Waals surface area contributed by atoms with Crippen LogP contribution in [0.2, 0.25) is 0 Å². The number of ether oxygens (including phenoxy) is 2. The maximum Gasteiger partial charge on any atom is 0.161 e. The van der Waals surface area contributed by atoms with E-state index in [2.05, 4.69) is 19.2 Å². The molecule has 0 amide bonds. The first kappa shape index (κ1) is 16.6. The lowest BCUT2D eigenvalue weighted by atomic mass is 10.1. The van der Waals surface area contributed by atoms with Gasteiger partial charge in [-0.3, -0.25) is 0 Å². The normalized spacial score (nSPS) is 17.4. The van der Waals surface area contributed by atoms with E-state index in [0.29, 0.717) is 0 Å². The van der Waals surface area contributed by atoms with E-state index in [0.717, 1.165) is 22.5 Å². The van der Waals surface area contributed by atoms with Crippen LogP contribution >= 0.6 is 0 Å². The summed E-state index contributed by atoms with van der Waals surface area (Å²) >= 11 is 0. The van der Waals surface area contributed by atoms with Crippen LogP contribution in [0, 0.1) is 0 Å². The van der Waals surface area contributed by atoms with E-state index in [1.807, 2.05) is 6.07 Å². The van der Waals surface area contributed by atoms with Crippen molar-refractivity contribution in [1.82, 2.24) is 0 Å². The van der Waals surface area contributed by atoms with Gasteiger partial charge in [0.05, 0.1) is 34.4 Å². The van der Waals surface area contributed by atoms with E-state index in [9.17, 15) is 0 Å². The highest BCUT2D eigenvalue weighted by molar-refractivity contribution is 5.42. The highest BCUT2D eigenvalue weighted by Gasteiger charge is 2.25. The van der Waals surface area contributed by atoms with E-state index < -0.39 is 0 Å². The van der Waals surface area contributed by atoms with Gasteiger partial charge in [-0.25, -0.2) is 0 Å². The van der Waals surface area contributed by atoms with Crippen molar-refractivity contribution in [3.8, 4) is 11.5 Å². The monoisotopic (exact) mass is 377 g/mol. The minimum absolute atomic E-state index is 0. The average molecular weight is 377 g/mol. The lowest BCUT2D eigenvalue weighted by Gasteiger charge is -2.38. The van der Waals surface area contributed by atoms with E-state index in [-0.39, 0.29) is 24.0 Å². The van der Waals surface area contributed by atoms with Gasteiger partial charge in [0.1, 0.15) is 6.54 Å². The van der Waals surface area contributed by atoms with Crippen LogP contribution in [0.15, 0.2) is 18.2 Å². The van der Waals surface area contributed by atoms with E-state index in [1.165, 1.54) is 37.9 Å². The number of hydrogen-bond donors (Lipinski definition) is 0. The number of likely N-dealkylation sites (tertiary alicyclic amines) is 1. The summed E-state index contributed by atoms with van der Waals surface area (Å²) in [6, 6.07) is 6.26. The van der Waals surface area contributed by atoms with Gasteiger partial charge in [-0.05, 0) is 37.5 Å². The van der Waals surface area contributed by atoms with Crippen LogP contribution in [-0.4, -0.2) is 38.8 Å². The van der Waals surface area contributed by atoms with Crippen molar-refractivity contribution < 1.29 is 37.9 Å². The number of quaternary nitrogens is 1. The van der Waals surface area contributed by atoms with Crippen molar-refractivity contribution in [2.75, 3.05) is 34.4 Å². The molecule has 1 saturated heterocycles. The highest BCUT2D eigenvalue weighted by atomic mass is 127. The molecule has 4 heteroatoms. The van der Waals surface area contributed by atoms with Crippen molar-refractivity contribution in [2.45, 2.75) is 25.8 Å². The van der Waals surface area contributed by atoms with Crippen LogP contribution in [-0.2, 0) is 6.54 Å². The minimum atomic E-state index is 0. The maximum absolute atomic E-state index is 5.37. The van der Waals surface area contributed by atoms with Gasteiger partial charge in [0.15, 0.2) is 11.5 Å². The molecule has 0 aliphatic carbocycles. The van der Waals surface area contributed by atoms with Crippen LogP contribution in [0.1, 0.15) is 24.8 Å². The van der Waals surface area contributed by atoms with E-state index >= 15 is 0 Å². The molecule has 1 aliphatic heterocycles. The Morgan fingerprint density at radius 2 is 1.63 bits per heavy atom. The Balaban J connectivity index is 0.00000180. The predicted octanol–water partition coefficient (Wildman–Crippen LogP) is -0.162. The zero-order valence-corrected chi connectivity index (χ0v) is 14.3. The molecule has 3 nitrogen and oxygen atoms in total. The van der Waals surface area contributed by atoms with Gasteiger partial charge in [-0.1, -0.05) is 0 Å². The van der Waals surface area contributed by atoms with E-state index in [1.54, 1.807) is 14.2 Å². The fraction of sp³-hybridized carbons (Fsp3) is 0.600. The second kappa shape index (κ2) is 7.33. The van der Waals surface area contributed by atoms with Gasteiger partial charge < -0.3 is 37.9 Å². The second-order valence-electron chi connectivity index (χ2n) is 5.47. The zero-order chi connectivity index (χ0) is 13.0. The predicted molar refractivity (Wildman–Crippen MR) is 73.0 cm³/mol. The Morgan fingerprint density at radius 1 is 1.00 bits per heavy atom. The molecule has 1 aromatic rings. The van der Waals surface area contributed by atoms with Gasteiger partial charge in [0.2, 0.25) is 0 Å². The summed E-state index contributed by atoms with van der Waals surface area (Å²) in [5.74, 6) is 1.64.